The number of imidazole rings is 4. The van der Waals surface area contributed by atoms with E-state index < -0.39 is 6.69 Å². The van der Waals surface area contributed by atoms with Gasteiger partial charge in [0.15, 0.2) is 0 Å². The van der Waals surface area contributed by atoms with Crippen LogP contribution in [0.15, 0.2) is 24.8 Å². The minimum absolute atomic E-state index is 0.921. The van der Waals surface area contributed by atoms with Gasteiger partial charge in [-0.15, -0.1) is 0 Å². The minimum atomic E-state index is -1.82. The first kappa shape index (κ1) is 19.2. The summed E-state index contributed by atoms with van der Waals surface area (Å²) < 4.78 is 8.97. The molecule has 0 N–H and O–H groups in total. The molecule has 0 aliphatic heterocycles. The Kier molecular flexibility index (Phi) is 4.29. The third-order valence-electron chi connectivity index (χ3n) is 5.64. The van der Waals surface area contributed by atoms with E-state index in [0.717, 1.165) is 46.1 Å². The number of hydrogen-bond donors (Lipinski definition) is 0. The molecule has 4 rings (SSSR count). The molecule has 0 bridgehead atoms. The Bertz CT molecular complexity index is 1020. The molecule has 0 saturated carbocycles. The molecule has 0 atom stereocenters. The molecule has 0 unspecified atom stereocenters. The van der Waals surface area contributed by atoms with E-state index in [4.69, 9.17) is 19.9 Å². The predicted octanol–water partition coefficient (Wildman–Crippen LogP) is 2.87. The minimum Gasteiger partial charge on any atom is -0.452 e. The molecule has 4 aromatic rings. The van der Waals surface area contributed by atoms with Crippen molar-refractivity contribution in [1.82, 2.24) is 37.8 Å². The van der Waals surface area contributed by atoms with E-state index in [0.29, 0.717) is 0 Å². The van der Waals surface area contributed by atoms with E-state index in [9.17, 15) is 0 Å². The van der Waals surface area contributed by atoms with Crippen LogP contribution in [0, 0.1) is 55.4 Å². The maximum Gasteiger partial charge on any atom is 0.406 e. The molecule has 29 heavy (non-hydrogen) atoms. The predicted molar refractivity (Wildman–Crippen MR) is 114 cm³/mol. The highest BCUT2D eigenvalue weighted by Crippen LogP contribution is 2.25. The lowest BCUT2D eigenvalue weighted by Gasteiger charge is -2.48. The normalized spacial score (nSPS) is 12.1. The van der Waals surface area contributed by atoms with Crippen molar-refractivity contribution in [2.75, 3.05) is 0 Å². The Morgan fingerprint density at radius 2 is 0.655 bits per heavy atom. The molecule has 0 saturated heterocycles. The van der Waals surface area contributed by atoms with Crippen LogP contribution in [-0.2, 0) is 0 Å². The summed E-state index contributed by atoms with van der Waals surface area (Å²) in [6.07, 6.45) is 8.42. The van der Waals surface area contributed by atoms with Crippen molar-refractivity contribution in [1.29, 1.82) is 0 Å². The molecular formula is C20H28BN8-. The Hall–Kier alpha value is -3.10. The van der Waals surface area contributed by atoms with Crippen molar-refractivity contribution >= 4 is 6.69 Å². The van der Waals surface area contributed by atoms with Crippen LogP contribution in [-0.4, -0.2) is 44.5 Å². The maximum atomic E-state index is 4.74. The van der Waals surface area contributed by atoms with Crippen LogP contribution in [0.4, 0.5) is 0 Å². The van der Waals surface area contributed by atoms with Crippen molar-refractivity contribution < 1.29 is 0 Å². The number of aromatic nitrogens is 8. The zero-order valence-corrected chi connectivity index (χ0v) is 18.5. The lowest BCUT2D eigenvalue weighted by molar-refractivity contribution is 0.756. The van der Waals surface area contributed by atoms with Crippen LogP contribution in [0.25, 0.3) is 0 Å². The molecule has 0 fully saturated rings. The van der Waals surface area contributed by atoms with Crippen molar-refractivity contribution in [3.05, 3.63) is 70.9 Å². The van der Waals surface area contributed by atoms with Gasteiger partial charge in [0.1, 0.15) is 0 Å². The molecule has 0 radical (unpaired) electrons. The molecule has 0 spiro atoms. The van der Waals surface area contributed by atoms with Crippen molar-refractivity contribution in [3.63, 3.8) is 0 Å². The van der Waals surface area contributed by atoms with E-state index in [1.54, 1.807) is 0 Å². The molecule has 4 heterocycles. The lowest BCUT2D eigenvalue weighted by Crippen LogP contribution is -2.65. The van der Waals surface area contributed by atoms with Gasteiger partial charge < -0.3 is 17.9 Å². The maximum absolute atomic E-state index is 4.74. The summed E-state index contributed by atoms with van der Waals surface area (Å²) in [6.45, 7) is 14.4. The number of rotatable bonds is 4. The second-order valence-corrected chi connectivity index (χ2v) is 8.04. The molecule has 8 nitrogen and oxygen atoms in total. The highest BCUT2D eigenvalue weighted by molar-refractivity contribution is 6.74. The first-order valence-electron chi connectivity index (χ1n) is 9.90. The summed E-state index contributed by atoms with van der Waals surface area (Å²) in [4.78, 5) is 19.0. The van der Waals surface area contributed by atoms with Crippen LogP contribution in [0.2, 0.25) is 0 Å². The van der Waals surface area contributed by atoms with Gasteiger partial charge in [0.05, 0.1) is 46.1 Å². The first-order valence-corrected chi connectivity index (χ1v) is 9.90. The van der Waals surface area contributed by atoms with Crippen LogP contribution in [0.5, 0.6) is 0 Å². The zero-order chi connectivity index (χ0) is 21.1. The Morgan fingerprint density at radius 3 is 0.793 bits per heavy atom. The van der Waals surface area contributed by atoms with Gasteiger partial charge in [-0.05, 0) is 80.2 Å². The molecule has 0 aliphatic rings. The molecular weight excluding hydrogens is 363 g/mol. The van der Waals surface area contributed by atoms with Gasteiger partial charge in [0, 0.05) is 0 Å². The van der Waals surface area contributed by atoms with Crippen LogP contribution in [0.1, 0.15) is 46.1 Å². The van der Waals surface area contributed by atoms with Crippen molar-refractivity contribution in [2.24, 2.45) is 0 Å². The van der Waals surface area contributed by atoms with E-state index in [2.05, 4.69) is 42.7 Å². The monoisotopic (exact) mass is 391 g/mol. The molecule has 152 valence electrons. The van der Waals surface area contributed by atoms with Gasteiger partial charge in [-0.25, -0.2) is 19.9 Å². The summed E-state index contributed by atoms with van der Waals surface area (Å²) in [5, 5.41) is 0. The Balaban J connectivity index is 2.26. The van der Waals surface area contributed by atoms with Crippen LogP contribution < -0.4 is 0 Å². The fourth-order valence-corrected chi connectivity index (χ4v) is 4.75. The molecule has 9 heteroatoms. The van der Waals surface area contributed by atoms with Crippen molar-refractivity contribution in [3.8, 4) is 0 Å². The number of nitrogens with zero attached hydrogens (tertiary/aromatic N) is 8. The van der Waals surface area contributed by atoms with Gasteiger partial charge >= 0.3 is 6.69 Å². The fourth-order valence-electron chi connectivity index (χ4n) is 4.75. The molecule has 0 aliphatic carbocycles. The number of aryl methyl sites for hydroxylation is 8. The van der Waals surface area contributed by atoms with Crippen LogP contribution in [0.3, 0.4) is 0 Å². The Labute approximate surface area is 171 Å². The first-order chi connectivity index (χ1) is 13.6. The second kappa shape index (κ2) is 6.47. The summed E-state index contributed by atoms with van der Waals surface area (Å²) in [6, 6.07) is 0. The van der Waals surface area contributed by atoms with Gasteiger partial charge in [0.25, 0.3) is 0 Å². The van der Waals surface area contributed by atoms with Crippen LogP contribution >= 0.6 is 0 Å². The average Bonchev–Trinajstić information content (AvgIpc) is 3.33. The zero-order valence-electron chi connectivity index (χ0n) is 18.5. The summed E-state index contributed by atoms with van der Waals surface area (Å²) in [5.74, 6) is 3.68. The molecule has 0 amide bonds. The molecule has 0 aromatic carbocycles. The summed E-state index contributed by atoms with van der Waals surface area (Å²) in [5.41, 5.74) is 3.86. The molecule has 4 aromatic heterocycles. The quantitative estimate of drug-likeness (QED) is 0.502. The highest BCUT2D eigenvalue weighted by Gasteiger charge is 2.39. The van der Waals surface area contributed by atoms with Gasteiger partial charge in [-0.3, -0.25) is 0 Å². The Morgan fingerprint density at radius 1 is 0.448 bits per heavy atom. The standard InChI is InChI=1S/C20H28BN8/c1-13-9-26(17(5)22-13)21(27-10-14(2)23-18(27)6,28-11-15(3)24-19(28)7)29-12-16(4)25-20(29)8/h9-12H,1-8H3/q-1. The summed E-state index contributed by atoms with van der Waals surface area (Å²) >= 11 is 0. The average molecular weight is 391 g/mol. The SMILES string of the molecule is Cc1cn([B-](n2cc(C)nc2C)(n2cc(C)nc2C)n2cc(C)nc2C)c(C)n1. The van der Waals surface area contributed by atoms with E-state index >= 15 is 0 Å². The third-order valence-corrected chi connectivity index (χ3v) is 5.64. The fraction of sp³-hybridized carbons (Fsp3) is 0.400. The topological polar surface area (TPSA) is 71.3 Å². The largest absolute Gasteiger partial charge is 0.452 e. The highest BCUT2D eigenvalue weighted by atomic mass is 15.4. The van der Waals surface area contributed by atoms with E-state index in [1.807, 2.05) is 55.4 Å². The van der Waals surface area contributed by atoms with Crippen molar-refractivity contribution in [2.45, 2.75) is 55.4 Å². The second-order valence-electron chi connectivity index (χ2n) is 8.04. The lowest BCUT2D eigenvalue weighted by atomic mass is 9.70. The van der Waals surface area contributed by atoms with Gasteiger partial charge in [0.2, 0.25) is 0 Å². The van der Waals surface area contributed by atoms with E-state index in [1.165, 1.54) is 0 Å². The van der Waals surface area contributed by atoms with Gasteiger partial charge in [-0.2, -0.15) is 0 Å². The third kappa shape index (κ3) is 2.75. The van der Waals surface area contributed by atoms with E-state index in [-0.39, 0.29) is 0 Å². The van der Waals surface area contributed by atoms with Gasteiger partial charge in [-0.1, -0.05) is 0 Å². The number of hydrogen-bond acceptors (Lipinski definition) is 4. The summed E-state index contributed by atoms with van der Waals surface area (Å²) in [7, 11) is 0. The smallest absolute Gasteiger partial charge is 0.406 e.